The number of carboxylic acids is 1. The van der Waals surface area contributed by atoms with Gasteiger partial charge in [0, 0.05) is 12.8 Å². The molecule has 334 valence electrons. The highest BCUT2D eigenvalue weighted by Gasteiger charge is 2.21. The molecule has 0 aliphatic heterocycles. The topological polar surface area (TPSA) is 111 Å². The van der Waals surface area contributed by atoms with Crippen LogP contribution in [0, 0.1) is 0 Å². The second kappa shape index (κ2) is 41.0. The molecule has 0 saturated heterocycles. The normalized spacial score (nSPS) is 13.8. The molecule has 59 heavy (non-hydrogen) atoms. The van der Waals surface area contributed by atoms with E-state index in [0.29, 0.717) is 23.9 Å². The molecule has 0 aliphatic rings. The van der Waals surface area contributed by atoms with Crippen molar-refractivity contribution in [3.63, 3.8) is 0 Å². The molecule has 9 heteroatoms. The van der Waals surface area contributed by atoms with E-state index in [2.05, 4.69) is 98.9 Å². The van der Waals surface area contributed by atoms with Gasteiger partial charge in [-0.2, -0.15) is 0 Å². The van der Waals surface area contributed by atoms with Gasteiger partial charge >= 0.3 is 11.9 Å². The number of esters is 2. The summed E-state index contributed by atoms with van der Waals surface area (Å²) in [7, 11) is 5.87. The Morgan fingerprint density at radius 2 is 0.949 bits per heavy atom. The Morgan fingerprint density at radius 1 is 0.508 bits per heavy atom. The van der Waals surface area contributed by atoms with Crippen molar-refractivity contribution in [3.05, 3.63) is 97.2 Å². The van der Waals surface area contributed by atoms with Crippen molar-refractivity contribution >= 4 is 17.9 Å². The predicted octanol–water partition coefficient (Wildman–Crippen LogP) is 10.5. The highest BCUT2D eigenvalue weighted by Crippen LogP contribution is 2.13. The van der Waals surface area contributed by atoms with Crippen molar-refractivity contribution in [2.45, 2.75) is 155 Å². The number of quaternary nitrogens is 1. The van der Waals surface area contributed by atoms with Crippen LogP contribution in [0.4, 0.5) is 0 Å². The predicted molar refractivity (Wildman–Crippen MR) is 241 cm³/mol. The standard InChI is InChI=1S/C50H81NO8/c1-6-8-10-12-14-16-18-20-21-22-23-24-25-26-27-29-31-33-35-37-39-41-48(53)59-46(45-58-50(49(54)55)56-43-42-51(3,4)5)44-57-47(52)40-38-36-34-32-30-28-19-17-15-13-11-9-7-2/h8-11,14-17,20-21,23-24,28,30,34,36,46,50H,6-7,12-13,18-19,22,25-27,29,31-33,35,37-45H2,1-5H3/b10-8-,11-9-,16-14-,17-15-,21-20-,24-23-,30-28-,36-34-. The van der Waals surface area contributed by atoms with Gasteiger partial charge in [0.2, 0.25) is 0 Å². The zero-order valence-electron chi connectivity index (χ0n) is 37.6. The average Bonchev–Trinajstić information content (AvgIpc) is 3.19. The van der Waals surface area contributed by atoms with Crippen LogP contribution in [-0.2, 0) is 33.3 Å². The Hall–Kier alpha value is -3.79. The van der Waals surface area contributed by atoms with Gasteiger partial charge in [-0.1, -0.05) is 150 Å². The van der Waals surface area contributed by atoms with E-state index >= 15 is 0 Å². The first-order valence-electron chi connectivity index (χ1n) is 22.4. The summed E-state index contributed by atoms with van der Waals surface area (Å²) in [6.45, 7) is 4.38. The number of rotatable bonds is 39. The first-order chi connectivity index (χ1) is 28.6. The number of carbonyl (C=O) groups is 3. The van der Waals surface area contributed by atoms with Crippen molar-refractivity contribution in [2.75, 3.05) is 47.5 Å². The molecule has 0 amide bonds. The molecule has 0 spiro atoms. The van der Waals surface area contributed by atoms with Crippen LogP contribution < -0.4 is 5.11 Å². The second-order valence-corrected chi connectivity index (χ2v) is 15.6. The molecule has 0 aromatic rings. The highest BCUT2D eigenvalue weighted by atomic mass is 16.7. The number of carboxylic acid groups (broad SMARTS) is 1. The van der Waals surface area contributed by atoms with Gasteiger partial charge < -0.3 is 33.3 Å². The van der Waals surface area contributed by atoms with E-state index in [4.69, 9.17) is 18.9 Å². The Kier molecular flexibility index (Phi) is 38.3. The van der Waals surface area contributed by atoms with Crippen LogP contribution in [0.2, 0.25) is 0 Å². The van der Waals surface area contributed by atoms with Gasteiger partial charge in [0.05, 0.1) is 40.3 Å². The van der Waals surface area contributed by atoms with Gasteiger partial charge in [0.15, 0.2) is 12.4 Å². The largest absolute Gasteiger partial charge is 0.545 e. The maximum absolute atomic E-state index is 12.8. The molecular formula is C50H81NO8. The molecule has 0 heterocycles. The summed E-state index contributed by atoms with van der Waals surface area (Å²) in [5.41, 5.74) is 0. The fraction of sp³-hybridized carbons (Fsp3) is 0.620. The van der Waals surface area contributed by atoms with E-state index in [0.717, 1.165) is 77.0 Å². The maximum Gasteiger partial charge on any atom is 0.306 e. The lowest BCUT2D eigenvalue weighted by atomic mass is 10.1. The van der Waals surface area contributed by atoms with Crippen molar-refractivity contribution in [3.8, 4) is 0 Å². The number of aliphatic carboxylic acids is 1. The van der Waals surface area contributed by atoms with Gasteiger partial charge in [-0.15, -0.1) is 0 Å². The lowest BCUT2D eigenvalue weighted by Crippen LogP contribution is -2.44. The lowest BCUT2D eigenvalue weighted by Gasteiger charge is -2.26. The highest BCUT2D eigenvalue weighted by molar-refractivity contribution is 5.70. The number of allylic oxidation sites excluding steroid dienone is 16. The SMILES string of the molecule is CC/C=C\C/C=C\C/C=C\C/C=C\CCCCCCCCCCC(=O)OC(COC(=O)CC/C=C\C/C=C\C/C=C\C/C=C\CC)COC(OCC[N+](C)(C)C)C(=O)[O-]. The molecule has 0 aromatic carbocycles. The summed E-state index contributed by atoms with van der Waals surface area (Å²) in [4.78, 5) is 36.9. The van der Waals surface area contributed by atoms with Gasteiger partial charge in [-0.25, -0.2) is 0 Å². The Balaban J connectivity index is 4.51. The van der Waals surface area contributed by atoms with Crippen LogP contribution >= 0.6 is 0 Å². The smallest absolute Gasteiger partial charge is 0.306 e. The number of hydrogen-bond acceptors (Lipinski definition) is 8. The maximum atomic E-state index is 12.8. The number of likely N-dealkylation sites (N-methyl/N-ethyl adjacent to an activating group) is 1. The van der Waals surface area contributed by atoms with Crippen molar-refractivity contribution in [1.29, 1.82) is 0 Å². The quantitative estimate of drug-likeness (QED) is 0.0198. The molecule has 0 aromatic heterocycles. The van der Waals surface area contributed by atoms with Crippen molar-refractivity contribution in [2.24, 2.45) is 0 Å². The summed E-state index contributed by atoms with van der Waals surface area (Å²) in [6.07, 6.45) is 50.3. The number of carbonyl (C=O) groups excluding carboxylic acids is 3. The van der Waals surface area contributed by atoms with Crippen molar-refractivity contribution in [1.82, 2.24) is 0 Å². The molecule has 0 saturated carbocycles. The van der Waals surface area contributed by atoms with E-state index in [1.807, 2.05) is 33.3 Å². The zero-order valence-corrected chi connectivity index (χ0v) is 37.6. The first-order valence-corrected chi connectivity index (χ1v) is 22.4. The molecule has 0 N–H and O–H groups in total. The first kappa shape index (κ1) is 55.2. The molecule has 0 fully saturated rings. The third-order valence-corrected chi connectivity index (χ3v) is 8.84. The minimum atomic E-state index is -1.64. The van der Waals surface area contributed by atoms with Gasteiger partial charge in [0.1, 0.15) is 13.2 Å². The molecule has 0 bridgehead atoms. The third kappa shape index (κ3) is 42.1. The molecule has 2 unspecified atom stereocenters. The average molecular weight is 824 g/mol. The van der Waals surface area contributed by atoms with Gasteiger partial charge in [-0.05, 0) is 77.0 Å². The fourth-order valence-electron chi connectivity index (χ4n) is 5.42. The fourth-order valence-corrected chi connectivity index (χ4v) is 5.42. The third-order valence-electron chi connectivity index (χ3n) is 8.84. The van der Waals surface area contributed by atoms with E-state index in [1.54, 1.807) is 0 Å². The van der Waals surface area contributed by atoms with Crippen LogP contribution in [0.15, 0.2) is 97.2 Å². The van der Waals surface area contributed by atoms with Crippen LogP contribution in [0.1, 0.15) is 142 Å². The zero-order chi connectivity index (χ0) is 43.5. The van der Waals surface area contributed by atoms with E-state index in [1.165, 1.54) is 25.7 Å². The molecule has 0 radical (unpaired) electrons. The van der Waals surface area contributed by atoms with Crippen molar-refractivity contribution < 1.29 is 42.9 Å². The van der Waals surface area contributed by atoms with Crippen LogP contribution in [0.5, 0.6) is 0 Å². The van der Waals surface area contributed by atoms with E-state index in [-0.39, 0.29) is 32.7 Å². The summed E-state index contributed by atoms with van der Waals surface area (Å²) in [5.74, 6) is -2.42. The molecular weight excluding hydrogens is 743 g/mol. The minimum Gasteiger partial charge on any atom is -0.545 e. The summed E-state index contributed by atoms with van der Waals surface area (Å²) in [5, 5.41) is 11.7. The van der Waals surface area contributed by atoms with Gasteiger partial charge in [0.25, 0.3) is 0 Å². The molecule has 0 rings (SSSR count). The van der Waals surface area contributed by atoms with Gasteiger partial charge in [-0.3, -0.25) is 9.59 Å². The lowest BCUT2D eigenvalue weighted by molar-refractivity contribution is -0.870. The Bertz CT molecular complexity index is 1280. The summed E-state index contributed by atoms with van der Waals surface area (Å²) in [6, 6.07) is 0. The Morgan fingerprint density at radius 3 is 1.42 bits per heavy atom. The van der Waals surface area contributed by atoms with E-state index in [9.17, 15) is 19.5 Å². The number of hydrogen-bond donors (Lipinski definition) is 0. The Labute approximate surface area is 359 Å². The van der Waals surface area contributed by atoms with E-state index < -0.39 is 30.3 Å². The molecule has 9 nitrogen and oxygen atoms in total. The number of unbranched alkanes of at least 4 members (excludes halogenated alkanes) is 8. The number of nitrogens with zero attached hydrogens (tertiary/aromatic N) is 1. The van der Waals surface area contributed by atoms with Crippen LogP contribution in [-0.4, -0.2) is 82.3 Å². The van der Waals surface area contributed by atoms with Crippen LogP contribution in [0.3, 0.4) is 0 Å². The molecule has 0 aliphatic carbocycles. The summed E-state index contributed by atoms with van der Waals surface area (Å²) >= 11 is 0. The second-order valence-electron chi connectivity index (χ2n) is 15.6. The summed E-state index contributed by atoms with van der Waals surface area (Å²) < 4.78 is 22.4. The minimum absolute atomic E-state index is 0.130. The molecule has 2 atom stereocenters. The van der Waals surface area contributed by atoms with Crippen LogP contribution in [0.25, 0.3) is 0 Å². The monoisotopic (exact) mass is 824 g/mol. The number of ether oxygens (including phenoxy) is 4.